The lowest BCUT2D eigenvalue weighted by molar-refractivity contribution is -0.157. The van der Waals surface area contributed by atoms with Crippen molar-refractivity contribution in [3.63, 3.8) is 0 Å². The topological polar surface area (TPSA) is 79.1 Å². The smallest absolute Gasteiger partial charge is 0.315 e. The molecule has 0 radical (unpaired) electrons. The van der Waals surface area contributed by atoms with Crippen molar-refractivity contribution in [3.8, 4) is 5.19 Å². The first kappa shape index (κ1) is 22.7. The molecule has 0 N–H and O–H groups in total. The summed E-state index contributed by atoms with van der Waals surface area (Å²) >= 11 is 1.53. The van der Waals surface area contributed by atoms with E-state index in [2.05, 4.69) is 47.1 Å². The van der Waals surface area contributed by atoms with E-state index >= 15 is 0 Å². The van der Waals surface area contributed by atoms with Crippen LogP contribution < -0.4 is 4.74 Å². The summed E-state index contributed by atoms with van der Waals surface area (Å²) in [6.45, 7) is 7.01. The number of hydrogen-bond donors (Lipinski definition) is 0. The molecule has 3 aromatic rings. The van der Waals surface area contributed by atoms with E-state index in [4.69, 9.17) is 9.47 Å². The molecule has 1 aliphatic carbocycles. The highest BCUT2D eigenvalue weighted by molar-refractivity contribution is 7.20. The van der Waals surface area contributed by atoms with E-state index in [1.165, 1.54) is 16.9 Å². The summed E-state index contributed by atoms with van der Waals surface area (Å²) in [5, 5.41) is 5.04. The van der Waals surface area contributed by atoms with Crippen LogP contribution in [-0.2, 0) is 9.53 Å². The van der Waals surface area contributed by atoms with Gasteiger partial charge in [0.05, 0.1) is 22.9 Å². The van der Waals surface area contributed by atoms with Crippen molar-refractivity contribution in [2.45, 2.75) is 65.3 Å². The SMILES string of the molecule is CCOC(=O)C1(COc2nc3ccc(C(C(CC)CC)n4cncn4)cc3s2)CCCC1. The van der Waals surface area contributed by atoms with E-state index in [9.17, 15) is 4.79 Å². The van der Waals surface area contributed by atoms with Gasteiger partial charge in [0.25, 0.3) is 5.19 Å². The monoisotopic (exact) mass is 456 g/mol. The summed E-state index contributed by atoms with van der Waals surface area (Å²) in [6.07, 6.45) is 9.21. The van der Waals surface area contributed by atoms with Gasteiger partial charge in [-0.2, -0.15) is 5.10 Å². The second-order valence-corrected chi connectivity index (χ2v) is 9.59. The molecule has 1 fully saturated rings. The van der Waals surface area contributed by atoms with E-state index in [0.717, 1.165) is 48.7 Å². The number of ether oxygens (including phenoxy) is 2. The maximum atomic E-state index is 12.6. The first-order valence-corrected chi connectivity index (χ1v) is 12.5. The molecular formula is C24H32N4O3S. The lowest BCUT2D eigenvalue weighted by Gasteiger charge is -2.25. The molecular weight excluding hydrogens is 424 g/mol. The summed E-state index contributed by atoms with van der Waals surface area (Å²) in [4.78, 5) is 21.4. The summed E-state index contributed by atoms with van der Waals surface area (Å²) < 4.78 is 14.5. The Balaban J connectivity index is 1.57. The fourth-order valence-electron chi connectivity index (χ4n) is 4.85. The zero-order valence-corrected chi connectivity index (χ0v) is 19.9. The van der Waals surface area contributed by atoms with Crippen LogP contribution in [0.1, 0.15) is 70.9 Å². The molecule has 0 aliphatic heterocycles. The predicted octanol–water partition coefficient (Wildman–Crippen LogP) is 5.42. The molecule has 2 heterocycles. The third-order valence-corrected chi connectivity index (χ3v) is 7.62. The predicted molar refractivity (Wildman–Crippen MR) is 125 cm³/mol. The van der Waals surface area contributed by atoms with Crippen LogP contribution in [0.2, 0.25) is 0 Å². The van der Waals surface area contributed by atoms with Crippen molar-refractivity contribution < 1.29 is 14.3 Å². The molecule has 1 aliphatic rings. The number of carbonyl (C=O) groups excluding carboxylic acids is 1. The van der Waals surface area contributed by atoms with Gasteiger partial charge in [-0.3, -0.25) is 4.79 Å². The number of esters is 1. The van der Waals surface area contributed by atoms with Crippen molar-refractivity contribution in [2.75, 3.05) is 13.2 Å². The second-order valence-electron chi connectivity index (χ2n) is 8.60. The van der Waals surface area contributed by atoms with Gasteiger partial charge in [-0.25, -0.2) is 14.6 Å². The highest BCUT2D eigenvalue weighted by Gasteiger charge is 2.43. The third kappa shape index (κ3) is 4.51. The minimum Gasteiger partial charge on any atom is -0.469 e. The summed E-state index contributed by atoms with van der Waals surface area (Å²) in [6, 6.07) is 6.51. The lowest BCUT2D eigenvalue weighted by atomic mass is 9.87. The molecule has 1 saturated carbocycles. The molecule has 172 valence electrons. The van der Waals surface area contributed by atoms with Crippen molar-refractivity contribution in [1.82, 2.24) is 19.7 Å². The van der Waals surface area contributed by atoms with Crippen LogP contribution in [0, 0.1) is 11.3 Å². The van der Waals surface area contributed by atoms with Crippen LogP contribution in [0.3, 0.4) is 0 Å². The van der Waals surface area contributed by atoms with Gasteiger partial charge in [0, 0.05) is 0 Å². The summed E-state index contributed by atoms with van der Waals surface area (Å²) in [5.41, 5.74) is 1.57. The Hall–Kier alpha value is -2.48. The number of hydrogen-bond acceptors (Lipinski definition) is 7. The minimum atomic E-state index is -0.535. The lowest BCUT2D eigenvalue weighted by Crippen LogP contribution is -2.36. The molecule has 1 atom stereocenters. The average molecular weight is 457 g/mol. The number of rotatable bonds is 10. The largest absolute Gasteiger partial charge is 0.469 e. The van der Waals surface area contributed by atoms with Crippen LogP contribution in [-0.4, -0.2) is 38.9 Å². The minimum absolute atomic E-state index is 0.133. The van der Waals surface area contributed by atoms with Gasteiger partial charge in [-0.15, -0.1) is 0 Å². The number of nitrogens with zero attached hydrogens (tertiary/aromatic N) is 4. The zero-order chi connectivity index (χ0) is 22.6. The Bertz CT molecular complexity index is 1020. The fourth-order valence-corrected chi connectivity index (χ4v) is 5.71. The Morgan fingerprint density at radius 3 is 2.66 bits per heavy atom. The first-order chi connectivity index (χ1) is 15.6. The van der Waals surface area contributed by atoms with Crippen molar-refractivity contribution >= 4 is 27.5 Å². The molecule has 1 unspecified atom stereocenters. The van der Waals surface area contributed by atoms with Crippen LogP contribution in [0.25, 0.3) is 10.2 Å². The van der Waals surface area contributed by atoms with Crippen LogP contribution in [0.15, 0.2) is 30.9 Å². The Morgan fingerprint density at radius 2 is 2.00 bits per heavy atom. The van der Waals surface area contributed by atoms with Gasteiger partial charge in [0.1, 0.15) is 24.7 Å². The molecule has 0 saturated heterocycles. The number of carbonyl (C=O) groups is 1. The number of benzene rings is 1. The Kier molecular flexibility index (Phi) is 7.08. The molecule has 0 amide bonds. The first-order valence-electron chi connectivity index (χ1n) is 11.6. The van der Waals surface area contributed by atoms with E-state index in [0.29, 0.717) is 24.3 Å². The average Bonchev–Trinajstić information content (AvgIpc) is 3.57. The van der Waals surface area contributed by atoms with Crippen molar-refractivity contribution in [2.24, 2.45) is 11.3 Å². The van der Waals surface area contributed by atoms with E-state index in [1.807, 2.05) is 11.6 Å². The number of fused-ring (bicyclic) bond motifs is 1. The van der Waals surface area contributed by atoms with Crippen molar-refractivity contribution in [1.29, 1.82) is 0 Å². The maximum absolute atomic E-state index is 12.6. The zero-order valence-electron chi connectivity index (χ0n) is 19.1. The third-order valence-electron chi connectivity index (χ3n) is 6.69. The second kappa shape index (κ2) is 9.98. The molecule has 0 bridgehead atoms. The Labute approximate surface area is 193 Å². The summed E-state index contributed by atoms with van der Waals surface area (Å²) in [7, 11) is 0. The molecule has 32 heavy (non-hydrogen) atoms. The van der Waals surface area contributed by atoms with Gasteiger partial charge < -0.3 is 9.47 Å². The molecule has 2 aromatic heterocycles. The van der Waals surface area contributed by atoms with Crippen LogP contribution in [0.4, 0.5) is 0 Å². The fraction of sp³-hybridized carbons (Fsp3) is 0.583. The van der Waals surface area contributed by atoms with Crippen molar-refractivity contribution in [3.05, 3.63) is 36.4 Å². The van der Waals surface area contributed by atoms with Gasteiger partial charge in [0.15, 0.2) is 0 Å². The van der Waals surface area contributed by atoms with E-state index < -0.39 is 5.41 Å². The quantitative estimate of drug-likeness (QED) is 0.379. The molecule has 0 spiro atoms. The summed E-state index contributed by atoms with van der Waals surface area (Å²) in [5.74, 6) is 0.325. The highest BCUT2D eigenvalue weighted by Crippen LogP contribution is 2.41. The standard InChI is InChI=1S/C24H32N4O3S/c1-4-17(5-2)21(28-16-25-15-26-28)18-9-10-19-20(13-18)32-23(27-19)31-14-24(11-7-8-12-24)22(29)30-6-3/h9-10,13,15-17,21H,4-8,11-12,14H2,1-3H3. The van der Waals surface area contributed by atoms with Gasteiger partial charge >= 0.3 is 5.97 Å². The Morgan fingerprint density at radius 1 is 1.22 bits per heavy atom. The van der Waals surface area contributed by atoms with Gasteiger partial charge in [-0.05, 0) is 43.4 Å². The number of aromatic nitrogens is 4. The maximum Gasteiger partial charge on any atom is 0.315 e. The van der Waals surface area contributed by atoms with Gasteiger partial charge in [0.2, 0.25) is 0 Å². The highest BCUT2D eigenvalue weighted by atomic mass is 32.1. The molecule has 1 aromatic carbocycles. The van der Waals surface area contributed by atoms with Crippen LogP contribution in [0.5, 0.6) is 5.19 Å². The molecule has 7 nitrogen and oxygen atoms in total. The molecule has 8 heteroatoms. The molecule has 4 rings (SSSR count). The normalized spacial score (nSPS) is 16.5. The van der Waals surface area contributed by atoms with E-state index in [1.54, 1.807) is 12.7 Å². The van der Waals surface area contributed by atoms with E-state index in [-0.39, 0.29) is 12.0 Å². The van der Waals surface area contributed by atoms with Crippen LogP contribution >= 0.6 is 11.3 Å². The van der Waals surface area contributed by atoms with Gasteiger partial charge in [-0.1, -0.05) is 56.9 Å². The number of thiazole rings is 1.